The fraction of sp³-hybridized carbons (Fsp3) is 0.381. The third-order valence-corrected chi connectivity index (χ3v) is 4.09. The Morgan fingerprint density at radius 2 is 1.83 bits per heavy atom. The molecule has 29 heavy (non-hydrogen) atoms. The van der Waals surface area contributed by atoms with Gasteiger partial charge < -0.3 is 14.5 Å². The highest BCUT2D eigenvalue weighted by molar-refractivity contribution is 6.00. The van der Waals surface area contributed by atoms with Gasteiger partial charge in [0.25, 0.3) is 5.88 Å². The molecule has 3 N–H and O–H groups in total. The van der Waals surface area contributed by atoms with Gasteiger partial charge in [0.2, 0.25) is 5.82 Å². The molecule has 3 rings (SSSR count). The number of para-hydroxylation sites is 1. The number of nitrogens with two attached hydrogens (primary N) is 1. The van der Waals surface area contributed by atoms with Crippen molar-refractivity contribution in [3.63, 3.8) is 0 Å². The van der Waals surface area contributed by atoms with Crippen molar-refractivity contribution in [2.45, 2.75) is 39.4 Å². The normalized spacial score (nSPS) is 12.4. The Labute approximate surface area is 167 Å². The first kappa shape index (κ1) is 21.0. The number of nitrogens with one attached hydrogen (secondary N) is 1. The number of hydrogen-bond donors (Lipinski definition) is 2. The van der Waals surface area contributed by atoms with E-state index in [0.29, 0.717) is 0 Å². The van der Waals surface area contributed by atoms with E-state index < -0.39 is 12.8 Å². The molecular formula is C21H25F3N3O2+. The van der Waals surface area contributed by atoms with Gasteiger partial charge in [-0.15, -0.1) is 0 Å². The number of alkyl halides is 3. The van der Waals surface area contributed by atoms with E-state index >= 15 is 0 Å². The van der Waals surface area contributed by atoms with E-state index in [1.165, 1.54) is 6.20 Å². The molecule has 0 atom stereocenters. The second kappa shape index (κ2) is 7.94. The molecule has 0 spiro atoms. The number of benzene rings is 1. The minimum absolute atomic E-state index is 0.0818. The van der Waals surface area contributed by atoms with E-state index in [1.54, 1.807) is 13.0 Å². The number of aromatic nitrogens is 2. The van der Waals surface area contributed by atoms with Gasteiger partial charge in [-0.3, -0.25) is 5.32 Å². The first-order valence-corrected chi connectivity index (χ1v) is 9.37. The number of hydrogen-bond acceptors (Lipinski definition) is 3. The Balaban J connectivity index is 2.09. The zero-order chi connectivity index (χ0) is 21.2. The Hall–Kier alpha value is -2.74. The SMILES string of the molecule is CCOc1cc(-c2c([NH2+]C(C)(C)C)[nH]c3ccccc23)cnc1OCC(F)(F)F. The van der Waals surface area contributed by atoms with Gasteiger partial charge in [-0.25, -0.2) is 4.98 Å². The predicted octanol–water partition coefficient (Wildman–Crippen LogP) is 4.56. The summed E-state index contributed by atoms with van der Waals surface area (Å²) in [6.45, 7) is 6.91. The van der Waals surface area contributed by atoms with Crippen LogP contribution in [0, 0.1) is 0 Å². The van der Waals surface area contributed by atoms with Crippen molar-refractivity contribution >= 4 is 16.7 Å². The molecular weight excluding hydrogens is 383 g/mol. The van der Waals surface area contributed by atoms with Crippen LogP contribution in [0.5, 0.6) is 11.6 Å². The van der Waals surface area contributed by atoms with Crippen LogP contribution >= 0.6 is 0 Å². The zero-order valence-corrected chi connectivity index (χ0v) is 16.9. The maximum atomic E-state index is 12.5. The molecule has 5 nitrogen and oxygen atoms in total. The number of H-pyrrole nitrogens is 1. The van der Waals surface area contributed by atoms with Gasteiger partial charge in [0.1, 0.15) is 0 Å². The Bertz CT molecular complexity index is 991. The lowest BCUT2D eigenvalue weighted by Crippen LogP contribution is -2.89. The molecule has 2 aromatic heterocycles. The van der Waals surface area contributed by atoms with Crippen LogP contribution in [-0.4, -0.2) is 34.9 Å². The lowest BCUT2D eigenvalue weighted by molar-refractivity contribution is -0.644. The van der Waals surface area contributed by atoms with Gasteiger partial charge >= 0.3 is 6.18 Å². The summed E-state index contributed by atoms with van der Waals surface area (Å²) in [6.07, 6.45) is -2.93. The van der Waals surface area contributed by atoms with Gasteiger partial charge in [0, 0.05) is 17.1 Å². The summed E-state index contributed by atoms with van der Waals surface area (Å²) in [5.41, 5.74) is 2.54. The van der Waals surface area contributed by atoms with Crippen molar-refractivity contribution < 1.29 is 28.0 Å². The van der Waals surface area contributed by atoms with Crippen molar-refractivity contribution in [3.8, 4) is 22.8 Å². The molecule has 0 fully saturated rings. The van der Waals surface area contributed by atoms with E-state index in [4.69, 9.17) is 9.47 Å². The largest absolute Gasteiger partial charge is 0.488 e. The van der Waals surface area contributed by atoms with Crippen LogP contribution in [0.15, 0.2) is 36.5 Å². The van der Waals surface area contributed by atoms with Crippen LogP contribution in [0.3, 0.4) is 0 Å². The highest BCUT2D eigenvalue weighted by Crippen LogP contribution is 2.37. The first-order valence-electron chi connectivity index (χ1n) is 9.37. The van der Waals surface area contributed by atoms with Crippen LogP contribution in [0.2, 0.25) is 0 Å². The van der Waals surface area contributed by atoms with E-state index in [9.17, 15) is 13.2 Å². The highest BCUT2D eigenvalue weighted by atomic mass is 19.4. The summed E-state index contributed by atoms with van der Waals surface area (Å²) in [6, 6.07) is 9.55. The molecule has 0 amide bonds. The van der Waals surface area contributed by atoms with Gasteiger partial charge in [-0.05, 0) is 39.8 Å². The fourth-order valence-electron chi connectivity index (χ4n) is 3.10. The van der Waals surface area contributed by atoms with E-state index in [0.717, 1.165) is 27.8 Å². The summed E-state index contributed by atoms with van der Waals surface area (Å²) in [7, 11) is 0. The summed E-state index contributed by atoms with van der Waals surface area (Å²) in [4.78, 5) is 7.55. The molecule has 0 aliphatic heterocycles. The number of ether oxygens (including phenoxy) is 2. The topological polar surface area (TPSA) is 63.8 Å². The quantitative estimate of drug-likeness (QED) is 0.628. The number of nitrogens with zero attached hydrogens (tertiary/aromatic N) is 1. The van der Waals surface area contributed by atoms with Crippen LogP contribution in [0.25, 0.3) is 22.0 Å². The lowest BCUT2D eigenvalue weighted by atomic mass is 10.0. The molecule has 0 saturated carbocycles. The summed E-state index contributed by atoms with van der Waals surface area (Å²) >= 11 is 0. The average Bonchev–Trinajstić information content (AvgIpc) is 2.96. The lowest BCUT2D eigenvalue weighted by Gasteiger charge is -2.17. The molecule has 156 valence electrons. The van der Waals surface area contributed by atoms with Crippen molar-refractivity contribution in [2.24, 2.45) is 0 Å². The van der Waals surface area contributed by atoms with Crippen molar-refractivity contribution in [1.82, 2.24) is 9.97 Å². The van der Waals surface area contributed by atoms with E-state index in [2.05, 4.69) is 36.1 Å². The van der Waals surface area contributed by atoms with Gasteiger partial charge in [0.05, 0.1) is 23.2 Å². The Morgan fingerprint density at radius 3 is 2.48 bits per heavy atom. The van der Waals surface area contributed by atoms with Crippen molar-refractivity contribution in [1.29, 1.82) is 0 Å². The molecule has 0 unspecified atom stereocenters. The number of fused-ring (bicyclic) bond motifs is 1. The zero-order valence-electron chi connectivity index (χ0n) is 16.9. The average molecular weight is 408 g/mol. The van der Waals surface area contributed by atoms with Crippen LogP contribution in [0.1, 0.15) is 27.7 Å². The first-order chi connectivity index (χ1) is 13.6. The van der Waals surface area contributed by atoms with E-state index in [-0.39, 0.29) is 23.8 Å². The molecule has 1 aromatic carbocycles. The summed E-state index contributed by atoms with van der Waals surface area (Å²) < 4.78 is 48.0. The maximum Gasteiger partial charge on any atom is 0.422 e. The van der Waals surface area contributed by atoms with Gasteiger partial charge in [0.15, 0.2) is 12.4 Å². The molecule has 0 aliphatic carbocycles. The third-order valence-electron chi connectivity index (χ3n) is 4.09. The van der Waals surface area contributed by atoms with Crippen LogP contribution in [-0.2, 0) is 0 Å². The molecule has 0 bridgehead atoms. The number of halogens is 3. The standard InChI is InChI=1S/C21H24F3N3O2/c1-5-28-16-10-13(11-25-19(16)29-12-21(22,23)24)17-14-8-6-7-9-15(14)26-18(17)27-20(2,3)4/h6-11,26-27H,5,12H2,1-4H3/p+1. The number of pyridine rings is 1. The molecule has 2 heterocycles. The second-order valence-corrected chi connectivity index (χ2v) is 7.83. The smallest absolute Gasteiger partial charge is 0.422 e. The molecule has 8 heteroatoms. The predicted molar refractivity (Wildman–Crippen MR) is 106 cm³/mol. The molecule has 0 radical (unpaired) electrons. The van der Waals surface area contributed by atoms with Crippen molar-refractivity contribution in [3.05, 3.63) is 36.5 Å². The Morgan fingerprint density at radius 1 is 1.10 bits per heavy atom. The second-order valence-electron chi connectivity index (χ2n) is 7.83. The highest BCUT2D eigenvalue weighted by Gasteiger charge is 2.30. The summed E-state index contributed by atoms with van der Waals surface area (Å²) in [5.74, 6) is 0.933. The summed E-state index contributed by atoms with van der Waals surface area (Å²) in [5, 5.41) is 3.12. The van der Waals surface area contributed by atoms with Crippen molar-refractivity contribution in [2.75, 3.05) is 13.2 Å². The van der Waals surface area contributed by atoms with E-state index in [1.807, 2.05) is 24.3 Å². The molecule has 0 aliphatic rings. The van der Waals surface area contributed by atoms with Gasteiger partial charge in [-0.2, -0.15) is 13.2 Å². The number of rotatable bonds is 6. The minimum atomic E-state index is -4.45. The van der Waals surface area contributed by atoms with Crippen LogP contribution < -0.4 is 14.8 Å². The third kappa shape index (κ3) is 5.20. The maximum absolute atomic E-state index is 12.5. The minimum Gasteiger partial charge on any atom is -0.488 e. The monoisotopic (exact) mass is 408 g/mol. The number of quaternary nitrogens is 1. The Kier molecular flexibility index (Phi) is 5.75. The number of aromatic amines is 1. The van der Waals surface area contributed by atoms with Gasteiger partial charge in [-0.1, -0.05) is 18.2 Å². The van der Waals surface area contributed by atoms with Crippen LogP contribution in [0.4, 0.5) is 19.0 Å². The fourth-order valence-corrected chi connectivity index (χ4v) is 3.10. The molecule has 0 saturated heterocycles. The molecule has 3 aromatic rings.